The zero-order valence-corrected chi connectivity index (χ0v) is 12.6. The predicted molar refractivity (Wildman–Crippen MR) is 77.9 cm³/mol. The van der Waals surface area contributed by atoms with E-state index in [1.807, 2.05) is 0 Å². The van der Waals surface area contributed by atoms with E-state index in [0.29, 0.717) is 37.8 Å². The summed E-state index contributed by atoms with van der Waals surface area (Å²) >= 11 is 0. The SMILES string of the molecule is CC(C)(C)c1ccc(C2(O)C[C@H]3CN(F)C[C@H]3C2)cc1. The van der Waals surface area contributed by atoms with Crippen molar-refractivity contribution in [1.82, 2.24) is 5.12 Å². The lowest BCUT2D eigenvalue weighted by Gasteiger charge is -2.26. The summed E-state index contributed by atoms with van der Waals surface area (Å²) in [5, 5.41) is 11.8. The van der Waals surface area contributed by atoms with Crippen molar-refractivity contribution in [2.45, 2.75) is 44.6 Å². The molecule has 2 fully saturated rings. The second-order valence-corrected chi connectivity index (χ2v) is 7.62. The lowest BCUT2D eigenvalue weighted by atomic mass is 9.84. The molecule has 0 aromatic heterocycles. The predicted octanol–water partition coefficient (Wildman–Crippen LogP) is 3.40. The molecule has 1 saturated heterocycles. The van der Waals surface area contributed by atoms with Gasteiger partial charge in [-0.15, -0.1) is 9.60 Å². The van der Waals surface area contributed by atoms with E-state index in [0.717, 1.165) is 10.7 Å². The Morgan fingerprint density at radius 3 is 2.05 bits per heavy atom. The van der Waals surface area contributed by atoms with Gasteiger partial charge in [0.1, 0.15) is 0 Å². The maximum absolute atomic E-state index is 13.2. The standard InChI is InChI=1S/C17H24FNO/c1-16(2,3)14-4-6-15(7-5-14)17(20)8-12-10-19(18)11-13(12)9-17/h4-7,12-13,20H,8-11H2,1-3H3/t12-,13+,17?. The van der Waals surface area contributed by atoms with Gasteiger partial charge in [-0.3, -0.25) is 0 Å². The summed E-state index contributed by atoms with van der Waals surface area (Å²) in [5.41, 5.74) is 1.64. The molecule has 1 N–H and O–H groups in total. The molecule has 3 heteroatoms. The van der Waals surface area contributed by atoms with Gasteiger partial charge in [0.15, 0.2) is 0 Å². The zero-order valence-electron chi connectivity index (χ0n) is 12.6. The Morgan fingerprint density at radius 2 is 1.60 bits per heavy atom. The van der Waals surface area contributed by atoms with Crippen molar-refractivity contribution in [3.8, 4) is 0 Å². The first-order chi connectivity index (χ1) is 9.28. The first-order valence-corrected chi connectivity index (χ1v) is 7.52. The molecule has 1 aromatic rings. The van der Waals surface area contributed by atoms with Gasteiger partial charge in [-0.1, -0.05) is 45.0 Å². The molecular formula is C17H24FNO. The molecule has 1 aromatic carbocycles. The lowest BCUT2D eigenvalue weighted by molar-refractivity contribution is 0.00359. The van der Waals surface area contributed by atoms with Crippen LogP contribution in [0.3, 0.4) is 0 Å². The molecule has 3 rings (SSSR count). The van der Waals surface area contributed by atoms with Crippen molar-refractivity contribution >= 4 is 0 Å². The molecule has 20 heavy (non-hydrogen) atoms. The van der Waals surface area contributed by atoms with Gasteiger partial charge in [0, 0.05) is 13.1 Å². The third-order valence-electron chi connectivity index (χ3n) is 5.02. The highest BCUT2D eigenvalue weighted by Crippen LogP contribution is 2.49. The van der Waals surface area contributed by atoms with E-state index >= 15 is 0 Å². The Labute approximate surface area is 120 Å². The Morgan fingerprint density at radius 1 is 1.10 bits per heavy atom. The molecule has 1 heterocycles. The third-order valence-corrected chi connectivity index (χ3v) is 5.02. The topological polar surface area (TPSA) is 23.5 Å². The van der Waals surface area contributed by atoms with Crippen LogP contribution >= 0.6 is 0 Å². The highest BCUT2D eigenvalue weighted by atomic mass is 19.2. The molecule has 2 nitrogen and oxygen atoms in total. The second kappa shape index (κ2) is 4.54. The van der Waals surface area contributed by atoms with Gasteiger partial charge in [-0.2, -0.15) is 0 Å². The molecule has 0 amide bonds. The number of nitrogens with zero attached hydrogens (tertiary/aromatic N) is 1. The number of fused-ring (bicyclic) bond motifs is 1. The van der Waals surface area contributed by atoms with E-state index in [9.17, 15) is 9.59 Å². The summed E-state index contributed by atoms with van der Waals surface area (Å²) in [4.78, 5) is 0. The minimum absolute atomic E-state index is 0.127. The average molecular weight is 277 g/mol. The Kier molecular flexibility index (Phi) is 3.18. The van der Waals surface area contributed by atoms with Crippen LogP contribution in [0, 0.1) is 11.8 Å². The van der Waals surface area contributed by atoms with Crippen LogP contribution in [0.5, 0.6) is 0 Å². The highest BCUT2D eigenvalue weighted by molar-refractivity contribution is 5.32. The van der Waals surface area contributed by atoms with Gasteiger partial charge in [-0.05, 0) is 41.2 Å². The fourth-order valence-electron chi connectivity index (χ4n) is 3.81. The highest BCUT2D eigenvalue weighted by Gasteiger charge is 2.49. The number of aliphatic hydroxyl groups is 1. The number of hydrogen-bond donors (Lipinski definition) is 1. The quantitative estimate of drug-likeness (QED) is 0.795. The van der Waals surface area contributed by atoms with Gasteiger partial charge in [0.05, 0.1) is 5.60 Å². The fraction of sp³-hybridized carbons (Fsp3) is 0.647. The molecule has 1 saturated carbocycles. The molecule has 1 unspecified atom stereocenters. The molecule has 0 radical (unpaired) electrons. The van der Waals surface area contributed by atoms with E-state index in [1.54, 1.807) is 0 Å². The van der Waals surface area contributed by atoms with Crippen molar-refractivity contribution in [2.75, 3.05) is 13.1 Å². The van der Waals surface area contributed by atoms with Crippen LogP contribution in [0.25, 0.3) is 0 Å². The van der Waals surface area contributed by atoms with Gasteiger partial charge in [-0.25, -0.2) is 0 Å². The summed E-state index contributed by atoms with van der Waals surface area (Å²) in [6.45, 7) is 7.52. The Hall–Kier alpha value is -0.930. The number of hydrogen-bond acceptors (Lipinski definition) is 2. The van der Waals surface area contributed by atoms with Crippen LogP contribution in [0.2, 0.25) is 0 Å². The van der Waals surface area contributed by atoms with Crippen LogP contribution < -0.4 is 0 Å². The van der Waals surface area contributed by atoms with Crippen molar-refractivity contribution in [3.05, 3.63) is 35.4 Å². The third kappa shape index (κ3) is 2.38. The molecule has 1 aliphatic carbocycles. The molecule has 3 atom stereocenters. The van der Waals surface area contributed by atoms with E-state index in [4.69, 9.17) is 0 Å². The van der Waals surface area contributed by atoms with Crippen LogP contribution in [-0.4, -0.2) is 23.3 Å². The van der Waals surface area contributed by atoms with Gasteiger partial charge in [0.25, 0.3) is 0 Å². The van der Waals surface area contributed by atoms with Crippen molar-refractivity contribution < 1.29 is 9.59 Å². The summed E-state index contributed by atoms with van der Waals surface area (Å²) in [7, 11) is 0. The normalized spacial score (nSPS) is 34.5. The van der Waals surface area contributed by atoms with Crippen molar-refractivity contribution in [2.24, 2.45) is 11.8 Å². The molecule has 0 spiro atoms. The fourth-order valence-corrected chi connectivity index (χ4v) is 3.81. The Balaban J connectivity index is 1.80. The number of halogens is 1. The Bertz CT molecular complexity index is 477. The second-order valence-electron chi connectivity index (χ2n) is 7.62. The molecule has 1 aliphatic heterocycles. The minimum atomic E-state index is -0.757. The average Bonchev–Trinajstić information content (AvgIpc) is 2.82. The number of rotatable bonds is 1. The van der Waals surface area contributed by atoms with Gasteiger partial charge in [0.2, 0.25) is 0 Å². The number of benzene rings is 1. The molecule has 2 aliphatic rings. The summed E-state index contributed by atoms with van der Waals surface area (Å²) < 4.78 is 13.2. The first-order valence-electron chi connectivity index (χ1n) is 7.52. The molecule has 110 valence electrons. The van der Waals surface area contributed by atoms with E-state index in [1.165, 1.54) is 5.56 Å². The van der Waals surface area contributed by atoms with Crippen LogP contribution in [0.1, 0.15) is 44.7 Å². The maximum Gasteiger partial charge on any atom is 0.0903 e. The van der Waals surface area contributed by atoms with Gasteiger partial charge >= 0.3 is 0 Å². The molecule has 0 bridgehead atoms. The largest absolute Gasteiger partial charge is 0.385 e. The van der Waals surface area contributed by atoms with E-state index in [2.05, 4.69) is 45.0 Å². The van der Waals surface area contributed by atoms with Crippen molar-refractivity contribution in [3.63, 3.8) is 0 Å². The smallest absolute Gasteiger partial charge is 0.0903 e. The van der Waals surface area contributed by atoms with Crippen LogP contribution in [-0.2, 0) is 11.0 Å². The summed E-state index contributed by atoms with van der Waals surface area (Å²) in [6.07, 6.45) is 1.37. The summed E-state index contributed by atoms with van der Waals surface area (Å²) in [6, 6.07) is 8.33. The van der Waals surface area contributed by atoms with E-state index < -0.39 is 5.60 Å². The van der Waals surface area contributed by atoms with E-state index in [-0.39, 0.29) is 5.41 Å². The monoisotopic (exact) mass is 277 g/mol. The zero-order chi connectivity index (χ0) is 14.5. The van der Waals surface area contributed by atoms with Crippen molar-refractivity contribution in [1.29, 1.82) is 0 Å². The molecular weight excluding hydrogens is 253 g/mol. The summed E-state index contributed by atoms with van der Waals surface area (Å²) in [5.74, 6) is 0.597. The lowest BCUT2D eigenvalue weighted by Crippen LogP contribution is -2.25. The van der Waals surface area contributed by atoms with Gasteiger partial charge < -0.3 is 5.11 Å². The van der Waals surface area contributed by atoms with Crippen LogP contribution in [0.4, 0.5) is 4.48 Å². The van der Waals surface area contributed by atoms with Crippen LogP contribution in [0.15, 0.2) is 24.3 Å². The first kappa shape index (κ1) is 14.0. The minimum Gasteiger partial charge on any atom is -0.385 e. The maximum atomic E-state index is 13.2.